The molecule has 2 N–H and O–H groups in total. The zero-order chi connectivity index (χ0) is 19.4. The molecule has 0 radical (unpaired) electrons. The molecule has 1 amide bonds. The number of nitro groups is 1. The summed E-state index contributed by atoms with van der Waals surface area (Å²) in [5.41, 5.74) is 4.62. The van der Waals surface area contributed by atoms with E-state index in [0.717, 1.165) is 0 Å². The highest BCUT2D eigenvalue weighted by molar-refractivity contribution is 5.95. The third kappa shape index (κ3) is 8.45. The average Bonchev–Trinajstić information content (AvgIpc) is 2.52. The fraction of sp³-hybridized carbons (Fsp3) is 0.438. The zero-order valence-electron chi connectivity index (χ0n) is 14.4. The summed E-state index contributed by atoms with van der Waals surface area (Å²) in [5, 5.41) is 11.0. The highest BCUT2D eigenvalue weighted by Gasteiger charge is 2.31. The summed E-state index contributed by atoms with van der Waals surface area (Å²) in [7, 11) is 0. The lowest BCUT2D eigenvalue weighted by molar-refractivity contribution is -0.385. The predicted molar refractivity (Wildman–Crippen MR) is 88.4 cm³/mol. The van der Waals surface area contributed by atoms with Crippen molar-refractivity contribution in [1.82, 2.24) is 0 Å². The minimum atomic E-state index is -1.20. The van der Waals surface area contributed by atoms with Crippen LogP contribution in [0.4, 0.5) is 5.69 Å². The van der Waals surface area contributed by atoms with E-state index in [2.05, 4.69) is 5.73 Å². The number of ether oxygens (including phenoxy) is 2. The molecule has 1 aromatic rings. The lowest BCUT2D eigenvalue weighted by atomic mass is 9.98. The van der Waals surface area contributed by atoms with Crippen molar-refractivity contribution in [2.45, 2.75) is 27.2 Å². The Bertz CT molecular complexity index is 594. The van der Waals surface area contributed by atoms with Crippen LogP contribution in [0.5, 0.6) is 0 Å². The van der Waals surface area contributed by atoms with Gasteiger partial charge in [0, 0.05) is 25.0 Å². The van der Waals surface area contributed by atoms with Crippen molar-refractivity contribution in [3.8, 4) is 0 Å². The lowest BCUT2D eigenvalue weighted by Crippen LogP contribution is -2.30. The van der Waals surface area contributed by atoms with Crippen LogP contribution in [0.2, 0.25) is 0 Å². The van der Waals surface area contributed by atoms with Gasteiger partial charge < -0.3 is 15.2 Å². The second kappa shape index (κ2) is 11.5. The quantitative estimate of drug-likeness (QED) is 0.337. The number of amides is 1. The van der Waals surface area contributed by atoms with Crippen LogP contribution in [0.15, 0.2) is 24.3 Å². The Hall–Kier alpha value is -2.97. The van der Waals surface area contributed by atoms with E-state index in [1.807, 2.05) is 0 Å². The summed E-state index contributed by atoms with van der Waals surface area (Å²) >= 11 is 0. The summed E-state index contributed by atoms with van der Waals surface area (Å²) < 4.78 is 9.67. The zero-order valence-corrected chi connectivity index (χ0v) is 14.4. The minimum Gasteiger partial charge on any atom is -0.465 e. The van der Waals surface area contributed by atoms with E-state index < -0.39 is 22.8 Å². The maximum atomic E-state index is 11.9. The van der Waals surface area contributed by atoms with Gasteiger partial charge in [-0.25, -0.2) is 0 Å². The van der Waals surface area contributed by atoms with Gasteiger partial charge in [0.15, 0.2) is 5.92 Å². The predicted octanol–water partition coefficient (Wildman–Crippen LogP) is 1.37. The van der Waals surface area contributed by atoms with Crippen molar-refractivity contribution in [2.24, 2.45) is 11.7 Å². The van der Waals surface area contributed by atoms with Crippen molar-refractivity contribution >= 4 is 23.5 Å². The van der Waals surface area contributed by atoms with Gasteiger partial charge >= 0.3 is 11.9 Å². The van der Waals surface area contributed by atoms with Crippen molar-refractivity contribution in [3.05, 3.63) is 39.9 Å². The van der Waals surface area contributed by atoms with Gasteiger partial charge in [0.1, 0.15) is 0 Å². The monoisotopic (exact) mass is 354 g/mol. The van der Waals surface area contributed by atoms with Gasteiger partial charge in [-0.15, -0.1) is 0 Å². The van der Waals surface area contributed by atoms with Gasteiger partial charge in [-0.05, 0) is 13.8 Å². The van der Waals surface area contributed by atoms with Crippen molar-refractivity contribution in [1.29, 1.82) is 0 Å². The fourth-order valence-corrected chi connectivity index (χ4v) is 1.83. The molecule has 1 aromatic carbocycles. The van der Waals surface area contributed by atoms with Gasteiger partial charge in [-0.1, -0.05) is 18.2 Å². The molecule has 1 rings (SSSR count). The second-order valence-corrected chi connectivity index (χ2v) is 4.76. The molecular weight excluding hydrogens is 332 g/mol. The van der Waals surface area contributed by atoms with Crippen molar-refractivity contribution in [2.75, 3.05) is 13.2 Å². The molecule has 0 fully saturated rings. The van der Waals surface area contributed by atoms with E-state index in [-0.39, 0.29) is 36.8 Å². The Morgan fingerprint density at radius 2 is 1.56 bits per heavy atom. The molecule has 0 unspecified atom stereocenters. The van der Waals surface area contributed by atoms with Crippen LogP contribution in [0.1, 0.15) is 26.3 Å². The van der Waals surface area contributed by atoms with Crippen LogP contribution in [0.3, 0.4) is 0 Å². The molecule has 9 nitrogen and oxygen atoms in total. The van der Waals surface area contributed by atoms with Gasteiger partial charge in [-0.3, -0.25) is 24.5 Å². The van der Waals surface area contributed by atoms with E-state index >= 15 is 0 Å². The lowest BCUT2D eigenvalue weighted by Gasteiger charge is -2.14. The number of nitro benzene ring substituents is 1. The third-order valence-electron chi connectivity index (χ3n) is 2.75. The highest BCUT2D eigenvalue weighted by Crippen LogP contribution is 2.22. The summed E-state index contributed by atoms with van der Waals surface area (Å²) in [6, 6.07) is 5.95. The standard InChI is InChI=1S/C14H17NO6.C2H5NO/c1-3-20-13(16)11(14(17)21-4-2)9-10-7-5-6-8-12(10)15(18)19;1-2(3)4/h5-8,11H,3-4,9H2,1-2H3;1H3,(H2,3,4). The molecule has 0 aliphatic carbocycles. The molecule has 0 atom stereocenters. The third-order valence-corrected chi connectivity index (χ3v) is 2.75. The van der Waals surface area contributed by atoms with Crippen molar-refractivity contribution < 1.29 is 28.8 Å². The number of hydrogen-bond acceptors (Lipinski definition) is 7. The number of carbonyl (C=O) groups is 3. The van der Waals surface area contributed by atoms with Gasteiger partial charge in [0.25, 0.3) is 5.69 Å². The van der Waals surface area contributed by atoms with Crippen LogP contribution in [0.25, 0.3) is 0 Å². The molecule has 0 aromatic heterocycles. The maximum absolute atomic E-state index is 11.9. The number of benzene rings is 1. The van der Waals surface area contributed by atoms with Crippen molar-refractivity contribution in [3.63, 3.8) is 0 Å². The molecular formula is C16H22N2O7. The number of esters is 2. The van der Waals surface area contributed by atoms with Crippen LogP contribution >= 0.6 is 0 Å². The first kappa shape index (κ1) is 22.0. The van der Waals surface area contributed by atoms with E-state index in [9.17, 15) is 24.5 Å². The van der Waals surface area contributed by atoms with Crippen LogP contribution in [0, 0.1) is 16.0 Å². The first-order chi connectivity index (χ1) is 11.7. The first-order valence-corrected chi connectivity index (χ1v) is 7.56. The maximum Gasteiger partial charge on any atom is 0.320 e. The molecule has 0 aliphatic rings. The Kier molecular flexibility index (Phi) is 10.2. The number of nitrogens with zero attached hydrogens (tertiary/aromatic N) is 1. The molecule has 138 valence electrons. The summed E-state index contributed by atoms with van der Waals surface area (Å²) in [4.78, 5) is 43.3. The minimum absolute atomic E-state index is 0.117. The topological polar surface area (TPSA) is 139 Å². The molecule has 9 heteroatoms. The van der Waals surface area contributed by atoms with Crippen LogP contribution in [-0.2, 0) is 30.3 Å². The molecule has 0 aliphatic heterocycles. The summed E-state index contributed by atoms with van der Waals surface area (Å²) in [6.45, 7) is 4.77. The number of hydrogen-bond donors (Lipinski definition) is 1. The summed E-state index contributed by atoms with van der Waals surface area (Å²) in [6.07, 6.45) is -0.130. The Morgan fingerprint density at radius 1 is 1.12 bits per heavy atom. The smallest absolute Gasteiger partial charge is 0.320 e. The van der Waals surface area contributed by atoms with Gasteiger partial charge in [0.05, 0.1) is 18.1 Å². The Morgan fingerprint density at radius 3 is 1.96 bits per heavy atom. The number of nitrogens with two attached hydrogens (primary N) is 1. The van der Waals surface area contributed by atoms with Crippen LogP contribution in [-0.4, -0.2) is 36.0 Å². The molecule has 0 spiro atoms. The second-order valence-electron chi connectivity index (χ2n) is 4.76. The van der Waals surface area contributed by atoms with E-state index in [0.29, 0.717) is 0 Å². The number of rotatable bonds is 7. The number of para-hydroxylation sites is 1. The molecule has 0 heterocycles. The largest absolute Gasteiger partial charge is 0.465 e. The Balaban J connectivity index is 0.00000129. The number of primary amides is 1. The van der Waals surface area contributed by atoms with E-state index in [1.165, 1.54) is 25.1 Å². The first-order valence-electron chi connectivity index (χ1n) is 7.56. The van der Waals surface area contributed by atoms with Gasteiger partial charge in [0.2, 0.25) is 5.91 Å². The SMILES string of the molecule is CC(N)=O.CCOC(=O)C(Cc1ccccc1[N+](=O)[O-])C(=O)OCC. The molecule has 0 bridgehead atoms. The molecule has 0 saturated carbocycles. The average molecular weight is 354 g/mol. The number of carbonyl (C=O) groups excluding carboxylic acids is 3. The molecule has 0 saturated heterocycles. The van der Waals surface area contributed by atoms with E-state index in [1.54, 1.807) is 19.9 Å². The molecule has 25 heavy (non-hydrogen) atoms. The van der Waals surface area contributed by atoms with E-state index in [4.69, 9.17) is 9.47 Å². The highest BCUT2D eigenvalue weighted by atomic mass is 16.6. The van der Waals surface area contributed by atoms with Crippen LogP contribution < -0.4 is 5.73 Å². The Labute approximate surface area is 145 Å². The fourth-order valence-electron chi connectivity index (χ4n) is 1.83. The normalized spacial score (nSPS) is 9.60. The summed E-state index contributed by atoms with van der Waals surface area (Å²) in [5.74, 6) is -3.02. The van der Waals surface area contributed by atoms with Gasteiger partial charge in [-0.2, -0.15) is 0 Å².